The van der Waals surface area contributed by atoms with Crippen molar-refractivity contribution >= 4 is 23.5 Å². The third kappa shape index (κ3) is 2.25. The van der Waals surface area contributed by atoms with Crippen LogP contribution < -0.4 is 20.3 Å². The van der Waals surface area contributed by atoms with Gasteiger partial charge in [-0.1, -0.05) is 17.8 Å². The van der Waals surface area contributed by atoms with E-state index in [0.717, 1.165) is 5.56 Å². The third-order valence-corrected chi connectivity index (χ3v) is 5.01. The SMILES string of the molecule is CSc1nc(=O)c2c(n1C)NC(=O)C[C@H]2c1ccc2c(c1)OCO2. The first kappa shape index (κ1) is 15.1. The fraction of sp³-hybridized carbons (Fsp3) is 0.312. The highest BCUT2D eigenvalue weighted by Gasteiger charge is 2.32. The van der Waals surface area contributed by atoms with E-state index in [1.54, 1.807) is 17.7 Å². The molecule has 1 amide bonds. The number of nitrogens with zero attached hydrogens (tertiary/aromatic N) is 2. The maximum Gasteiger partial charge on any atom is 0.279 e. The molecule has 2 aliphatic rings. The van der Waals surface area contributed by atoms with Crippen LogP contribution in [0.4, 0.5) is 5.82 Å². The minimum absolute atomic E-state index is 0.126. The summed E-state index contributed by atoms with van der Waals surface area (Å²) in [7, 11) is 1.79. The van der Waals surface area contributed by atoms with Crippen molar-refractivity contribution in [3.63, 3.8) is 0 Å². The second-order valence-electron chi connectivity index (χ2n) is 5.64. The highest BCUT2D eigenvalue weighted by molar-refractivity contribution is 7.98. The molecule has 0 unspecified atom stereocenters. The quantitative estimate of drug-likeness (QED) is 0.659. The topological polar surface area (TPSA) is 82.5 Å². The van der Waals surface area contributed by atoms with Gasteiger partial charge in [0.15, 0.2) is 16.7 Å². The summed E-state index contributed by atoms with van der Waals surface area (Å²) in [5, 5.41) is 3.37. The summed E-state index contributed by atoms with van der Waals surface area (Å²) >= 11 is 1.36. The summed E-state index contributed by atoms with van der Waals surface area (Å²) in [5.41, 5.74) is 1.04. The fourth-order valence-corrected chi connectivity index (χ4v) is 3.67. The predicted molar refractivity (Wildman–Crippen MR) is 88.9 cm³/mol. The van der Waals surface area contributed by atoms with Gasteiger partial charge in [0.1, 0.15) is 5.82 Å². The summed E-state index contributed by atoms with van der Waals surface area (Å²) < 4.78 is 12.5. The van der Waals surface area contributed by atoms with Gasteiger partial charge in [-0.05, 0) is 24.0 Å². The summed E-state index contributed by atoms with van der Waals surface area (Å²) in [6, 6.07) is 5.50. The van der Waals surface area contributed by atoms with Crippen molar-refractivity contribution in [2.24, 2.45) is 7.05 Å². The lowest BCUT2D eigenvalue weighted by Crippen LogP contribution is -2.33. The van der Waals surface area contributed by atoms with Gasteiger partial charge in [-0.15, -0.1) is 0 Å². The number of amides is 1. The molecule has 0 radical (unpaired) electrons. The van der Waals surface area contributed by atoms with Gasteiger partial charge in [0, 0.05) is 19.4 Å². The van der Waals surface area contributed by atoms with E-state index in [-0.39, 0.29) is 30.6 Å². The van der Waals surface area contributed by atoms with Crippen LogP contribution in [0.1, 0.15) is 23.5 Å². The summed E-state index contributed by atoms with van der Waals surface area (Å²) in [6.07, 6.45) is 2.04. The summed E-state index contributed by atoms with van der Waals surface area (Å²) in [6.45, 7) is 0.181. The number of anilines is 1. The number of rotatable bonds is 2. The van der Waals surface area contributed by atoms with Crippen molar-refractivity contribution in [3.8, 4) is 11.5 Å². The molecule has 124 valence electrons. The number of hydrogen-bond acceptors (Lipinski definition) is 6. The van der Waals surface area contributed by atoms with Gasteiger partial charge < -0.3 is 19.4 Å². The molecule has 2 aromatic rings. The Hall–Kier alpha value is -2.48. The second kappa shape index (κ2) is 5.55. The highest BCUT2D eigenvalue weighted by atomic mass is 32.2. The lowest BCUT2D eigenvalue weighted by molar-refractivity contribution is -0.116. The van der Waals surface area contributed by atoms with Gasteiger partial charge in [0.25, 0.3) is 5.56 Å². The van der Waals surface area contributed by atoms with E-state index < -0.39 is 0 Å². The van der Waals surface area contributed by atoms with Crippen LogP contribution in [0.2, 0.25) is 0 Å². The fourth-order valence-electron chi connectivity index (χ4n) is 3.13. The molecule has 8 heteroatoms. The average Bonchev–Trinajstić information content (AvgIpc) is 3.04. The van der Waals surface area contributed by atoms with Crippen molar-refractivity contribution < 1.29 is 14.3 Å². The molecule has 2 aliphatic heterocycles. The van der Waals surface area contributed by atoms with E-state index in [4.69, 9.17) is 9.47 Å². The number of hydrogen-bond donors (Lipinski definition) is 1. The first-order valence-electron chi connectivity index (χ1n) is 7.43. The van der Waals surface area contributed by atoms with Gasteiger partial charge in [0.2, 0.25) is 12.7 Å². The van der Waals surface area contributed by atoms with Crippen LogP contribution in [0.3, 0.4) is 0 Å². The van der Waals surface area contributed by atoms with E-state index in [1.165, 1.54) is 11.8 Å². The zero-order valence-electron chi connectivity index (χ0n) is 13.2. The van der Waals surface area contributed by atoms with Gasteiger partial charge in [-0.25, -0.2) is 0 Å². The first-order chi connectivity index (χ1) is 11.6. The number of carbonyl (C=O) groups excluding carboxylic acids is 1. The van der Waals surface area contributed by atoms with Crippen LogP contribution in [-0.2, 0) is 11.8 Å². The Morgan fingerprint density at radius 2 is 2.08 bits per heavy atom. The van der Waals surface area contributed by atoms with E-state index in [1.807, 2.05) is 18.4 Å². The number of thioether (sulfide) groups is 1. The second-order valence-corrected chi connectivity index (χ2v) is 6.42. The molecule has 0 aliphatic carbocycles. The molecular weight excluding hydrogens is 330 g/mol. The zero-order chi connectivity index (χ0) is 16.8. The Balaban J connectivity index is 1.89. The number of fused-ring (bicyclic) bond motifs is 2. The van der Waals surface area contributed by atoms with Crippen LogP contribution >= 0.6 is 11.8 Å². The number of nitrogens with one attached hydrogen (secondary N) is 1. The normalized spacial score (nSPS) is 18.2. The van der Waals surface area contributed by atoms with E-state index in [2.05, 4.69) is 10.3 Å². The molecule has 0 saturated carbocycles. The number of carbonyl (C=O) groups is 1. The van der Waals surface area contributed by atoms with Crippen LogP contribution in [0.15, 0.2) is 28.2 Å². The Bertz CT molecular complexity index is 909. The Morgan fingerprint density at radius 1 is 1.29 bits per heavy atom. The molecule has 24 heavy (non-hydrogen) atoms. The van der Waals surface area contributed by atoms with Crippen molar-refractivity contribution in [1.29, 1.82) is 0 Å². The molecule has 3 heterocycles. The lowest BCUT2D eigenvalue weighted by Gasteiger charge is -2.27. The Kier molecular flexibility index (Phi) is 3.49. The monoisotopic (exact) mass is 345 g/mol. The standard InChI is InChI=1S/C16H15N3O4S/c1-19-14-13(15(21)18-16(19)24-2)9(6-12(20)17-14)8-3-4-10-11(5-8)23-7-22-10/h3-5,9H,6-7H2,1-2H3,(H,17,20)/t9-/m0/s1. The van der Waals surface area contributed by atoms with Crippen LogP contribution in [0, 0.1) is 0 Å². The van der Waals surface area contributed by atoms with Crippen molar-refractivity contribution in [3.05, 3.63) is 39.7 Å². The molecule has 4 rings (SSSR count). The molecule has 0 fully saturated rings. The molecule has 0 saturated heterocycles. The molecule has 1 atom stereocenters. The van der Waals surface area contributed by atoms with Crippen molar-refractivity contribution in [2.75, 3.05) is 18.4 Å². The number of ether oxygens (including phenoxy) is 2. The third-order valence-electron chi connectivity index (χ3n) is 4.28. The average molecular weight is 345 g/mol. The number of benzene rings is 1. The minimum atomic E-state index is -0.356. The van der Waals surface area contributed by atoms with Crippen LogP contribution in [0.5, 0.6) is 11.5 Å². The van der Waals surface area contributed by atoms with Gasteiger partial charge >= 0.3 is 0 Å². The lowest BCUT2D eigenvalue weighted by atomic mass is 9.86. The summed E-state index contributed by atoms with van der Waals surface area (Å²) in [4.78, 5) is 28.9. The molecule has 0 bridgehead atoms. The van der Waals surface area contributed by atoms with E-state index >= 15 is 0 Å². The van der Waals surface area contributed by atoms with Crippen LogP contribution in [0.25, 0.3) is 0 Å². The van der Waals surface area contributed by atoms with Gasteiger partial charge in [-0.2, -0.15) is 4.98 Å². The molecule has 0 spiro atoms. The largest absolute Gasteiger partial charge is 0.454 e. The molecule has 1 aromatic heterocycles. The maximum absolute atomic E-state index is 12.6. The Labute approximate surface area is 142 Å². The van der Waals surface area contributed by atoms with Crippen molar-refractivity contribution in [1.82, 2.24) is 9.55 Å². The minimum Gasteiger partial charge on any atom is -0.454 e. The molecule has 7 nitrogen and oxygen atoms in total. The smallest absolute Gasteiger partial charge is 0.279 e. The van der Waals surface area contributed by atoms with Gasteiger partial charge in [-0.3, -0.25) is 9.59 Å². The van der Waals surface area contributed by atoms with Crippen molar-refractivity contribution in [2.45, 2.75) is 17.5 Å². The van der Waals surface area contributed by atoms with Crippen LogP contribution in [-0.4, -0.2) is 28.5 Å². The van der Waals surface area contributed by atoms with E-state index in [0.29, 0.717) is 28.0 Å². The molecular formula is C16H15N3O4S. The van der Waals surface area contributed by atoms with E-state index in [9.17, 15) is 9.59 Å². The maximum atomic E-state index is 12.6. The Morgan fingerprint density at radius 3 is 2.88 bits per heavy atom. The van der Waals surface area contributed by atoms with Gasteiger partial charge in [0.05, 0.1) is 5.56 Å². The first-order valence-corrected chi connectivity index (χ1v) is 8.65. The number of aromatic nitrogens is 2. The zero-order valence-corrected chi connectivity index (χ0v) is 14.0. The predicted octanol–water partition coefficient (Wildman–Crippen LogP) is 1.70. The molecule has 1 aromatic carbocycles. The summed E-state index contributed by atoms with van der Waals surface area (Å²) in [5.74, 6) is 1.33. The highest BCUT2D eigenvalue weighted by Crippen LogP contribution is 2.40. The molecule has 1 N–H and O–H groups in total.